The van der Waals surface area contributed by atoms with Crippen LogP contribution in [0.3, 0.4) is 0 Å². The standard InChI is InChI=1S/C14H18N4O2S/c1-3-15-11-6-12(8-13(7-11)18(19)20)16-5-4-14-17-10(2)9-21-14/h6-9,15-16H,3-5H2,1-2H3. The average Bonchev–Trinajstić information content (AvgIpc) is 2.84. The van der Waals surface area contributed by atoms with Gasteiger partial charge in [-0.2, -0.15) is 0 Å². The number of nitrogens with one attached hydrogen (secondary N) is 2. The zero-order valence-electron chi connectivity index (χ0n) is 12.0. The maximum atomic E-state index is 10.9. The number of nitro groups is 1. The minimum Gasteiger partial charge on any atom is -0.385 e. The largest absolute Gasteiger partial charge is 0.385 e. The molecule has 1 aromatic carbocycles. The Bertz CT molecular complexity index is 627. The summed E-state index contributed by atoms with van der Waals surface area (Å²) in [5.74, 6) is 0. The molecule has 0 spiro atoms. The number of hydrogen-bond donors (Lipinski definition) is 2. The fourth-order valence-electron chi connectivity index (χ4n) is 1.96. The van der Waals surface area contributed by atoms with Crippen molar-refractivity contribution in [3.05, 3.63) is 44.4 Å². The van der Waals surface area contributed by atoms with E-state index in [4.69, 9.17) is 0 Å². The summed E-state index contributed by atoms with van der Waals surface area (Å²) in [6.45, 7) is 5.34. The van der Waals surface area contributed by atoms with Gasteiger partial charge in [0, 0.05) is 54.1 Å². The van der Waals surface area contributed by atoms with Gasteiger partial charge in [0.15, 0.2) is 0 Å². The fourth-order valence-corrected chi connectivity index (χ4v) is 2.73. The van der Waals surface area contributed by atoms with Crippen LogP contribution in [0.1, 0.15) is 17.6 Å². The zero-order valence-corrected chi connectivity index (χ0v) is 12.9. The van der Waals surface area contributed by atoms with Crippen molar-refractivity contribution in [2.24, 2.45) is 0 Å². The van der Waals surface area contributed by atoms with Crippen molar-refractivity contribution in [3.63, 3.8) is 0 Å². The van der Waals surface area contributed by atoms with Gasteiger partial charge in [0.25, 0.3) is 5.69 Å². The molecule has 6 nitrogen and oxygen atoms in total. The maximum absolute atomic E-state index is 10.9. The zero-order chi connectivity index (χ0) is 15.2. The lowest BCUT2D eigenvalue weighted by Gasteiger charge is -2.09. The number of aromatic nitrogens is 1. The number of nitro benzene ring substituents is 1. The smallest absolute Gasteiger partial charge is 0.273 e. The third-order valence-electron chi connectivity index (χ3n) is 2.84. The predicted molar refractivity (Wildman–Crippen MR) is 86.3 cm³/mol. The van der Waals surface area contributed by atoms with Crippen LogP contribution in [0.2, 0.25) is 0 Å². The van der Waals surface area contributed by atoms with Crippen LogP contribution in [0, 0.1) is 17.0 Å². The lowest BCUT2D eigenvalue weighted by molar-refractivity contribution is -0.384. The van der Waals surface area contributed by atoms with Gasteiger partial charge in [-0.3, -0.25) is 10.1 Å². The van der Waals surface area contributed by atoms with Crippen molar-refractivity contribution in [2.75, 3.05) is 23.7 Å². The van der Waals surface area contributed by atoms with Crippen molar-refractivity contribution in [1.29, 1.82) is 0 Å². The number of nitrogens with zero attached hydrogens (tertiary/aromatic N) is 2. The first-order valence-electron chi connectivity index (χ1n) is 6.76. The van der Waals surface area contributed by atoms with Gasteiger partial charge in [-0.15, -0.1) is 11.3 Å². The van der Waals surface area contributed by atoms with E-state index >= 15 is 0 Å². The summed E-state index contributed by atoms with van der Waals surface area (Å²) in [5, 5.41) is 20.4. The van der Waals surface area contributed by atoms with E-state index in [0.717, 1.165) is 35.0 Å². The first kappa shape index (κ1) is 15.2. The van der Waals surface area contributed by atoms with Crippen LogP contribution in [0.25, 0.3) is 0 Å². The Labute approximate surface area is 127 Å². The molecule has 0 aliphatic heterocycles. The molecule has 0 fully saturated rings. The third-order valence-corrected chi connectivity index (χ3v) is 3.87. The topological polar surface area (TPSA) is 80.1 Å². The van der Waals surface area contributed by atoms with E-state index in [-0.39, 0.29) is 10.6 Å². The van der Waals surface area contributed by atoms with Crippen LogP contribution in [0.15, 0.2) is 23.6 Å². The van der Waals surface area contributed by atoms with Crippen molar-refractivity contribution in [2.45, 2.75) is 20.3 Å². The van der Waals surface area contributed by atoms with Crippen molar-refractivity contribution in [3.8, 4) is 0 Å². The van der Waals surface area contributed by atoms with E-state index in [1.54, 1.807) is 23.5 Å². The molecule has 0 unspecified atom stereocenters. The molecule has 0 aliphatic rings. The van der Waals surface area contributed by atoms with Gasteiger partial charge in [-0.1, -0.05) is 0 Å². The number of anilines is 2. The molecule has 0 atom stereocenters. The summed E-state index contributed by atoms with van der Waals surface area (Å²) >= 11 is 1.63. The number of aryl methyl sites for hydroxylation is 1. The minimum atomic E-state index is -0.379. The fraction of sp³-hybridized carbons (Fsp3) is 0.357. The lowest BCUT2D eigenvalue weighted by Crippen LogP contribution is -2.06. The Balaban J connectivity index is 2.02. The van der Waals surface area contributed by atoms with Gasteiger partial charge in [-0.25, -0.2) is 4.98 Å². The second-order valence-corrected chi connectivity index (χ2v) is 5.56. The van der Waals surface area contributed by atoms with E-state index in [1.165, 1.54) is 0 Å². The van der Waals surface area contributed by atoms with E-state index in [2.05, 4.69) is 15.6 Å². The number of rotatable bonds is 7. The van der Waals surface area contributed by atoms with Gasteiger partial charge in [0.05, 0.1) is 9.93 Å². The molecule has 7 heteroatoms. The lowest BCUT2D eigenvalue weighted by atomic mass is 10.2. The van der Waals surface area contributed by atoms with Gasteiger partial charge in [0.2, 0.25) is 0 Å². The minimum absolute atomic E-state index is 0.0843. The number of benzene rings is 1. The quantitative estimate of drug-likeness (QED) is 0.605. The molecule has 2 rings (SSSR count). The molecule has 1 aromatic heterocycles. The molecule has 0 aliphatic carbocycles. The van der Waals surface area contributed by atoms with Gasteiger partial charge >= 0.3 is 0 Å². The predicted octanol–water partition coefficient (Wildman–Crippen LogP) is 3.45. The van der Waals surface area contributed by atoms with Gasteiger partial charge in [-0.05, 0) is 19.9 Å². The van der Waals surface area contributed by atoms with Crippen molar-refractivity contribution >= 4 is 28.4 Å². The van der Waals surface area contributed by atoms with Crippen LogP contribution in [0.4, 0.5) is 17.1 Å². The molecule has 2 N–H and O–H groups in total. The van der Waals surface area contributed by atoms with Crippen molar-refractivity contribution in [1.82, 2.24) is 4.98 Å². The second-order valence-electron chi connectivity index (χ2n) is 4.62. The number of hydrogen-bond acceptors (Lipinski definition) is 6. The van der Waals surface area contributed by atoms with Crippen LogP contribution in [-0.2, 0) is 6.42 Å². The highest BCUT2D eigenvalue weighted by molar-refractivity contribution is 7.09. The summed E-state index contributed by atoms with van der Waals surface area (Å²) in [6.07, 6.45) is 0.803. The molecule has 0 radical (unpaired) electrons. The molecular formula is C14H18N4O2S. The summed E-state index contributed by atoms with van der Waals surface area (Å²) in [5.41, 5.74) is 2.61. The van der Waals surface area contributed by atoms with Crippen LogP contribution in [-0.4, -0.2) is 23.0 Å². The first-order chi connectivity index (χ1) is 10.1. The molecule has 0 amide bonds. The van der Waals surface area contributed by atoms with Crippen LogP contribution in [0.5, 0.6) is 0 Å². The molecule has 21 heavy (non-hydrogen) atoms. The van der Waals surface area contributed by atoms with E-state index in [9.17, 15) is 10.1 Å². The molecule has 1 heterocycles. The van der Waals surface area contributed by atoms with E-state index < -0.39 is 0 Å². The molecule has 0 saturated carbocycles. The summed E-state index contributed by atoms with van der Waals surface area (Å²) < 4.78 is 0. The molecule has 2 aromatic rings. The van der Waals surface area contributed by atoms with Crippen LogP contribution < -0.4 is 10.6 Å². The average molecular weight is 306 g/mol. The second kappa shape index (κ2) is 7.03. The first-order valence-corrected chi connectivity index (χ1v) is 7.64. The Morgan fingerprint density at radius 1 is 1.29 bits per heavy atom. The monoisotopic (exact) mass is 306 g/mol. The van der Waals surface area contributed by atoms with Gasteiger partial charge in [0.1, 0.15) is 0 Å². The van der Waals surface area contributed by atoms with Gasteiger partial charge < -0.3 is 10.6 Å². The Hall–Kier alpha value is -2.15. The maximum Gasteiger partial charge on any atom is 0.273 e. The highest BCUT2D eigenvalue weighted by Gasteiger charge is 2.09. The van der Waals surface area contributed by atoms with Crippen LogP contribution >= 0.6 is 11.3 Å². The molecule has 0 saturated heterocycles. The summed E-state index contributed by atoms with van der Waals surface area (Å²) in [6, 6.07) is 4.97. The normalized spacial score (nSPS) is 10.4. The SMILES string of the molecule is CCNc1cc(NCCc2nc(C)cs2)cc([N+](=O)[O-])c1. The third kappa shape index (κ3) is 4.42. The van der Waals surface area contributed by atoms with E-state index in [1.807, 2.05) is 25.3 Å². The number of thiazole rings is 1. The Morgan fingerprint density at radius 3 is 2.57 bits per heavy atom. The van der Waals surface area contributed by atoms with Crippen molar-refractivity contribution < 1.29 is 4.92 Å². The van der Waals surface area contributed by atoms with E-state index in [0.29, 0.717) is 6.54 Å². The Morgan fingerprint density at radius 2 is 2.00 bits per heavy atom. The summed E-state index contributed by atoms with van der Waals surface area (Å²) in [4.78, 5) is 15.0. The Kier molecular flexibility index (Phi) is 5.10. The molecular weight excluding hydrogens is 288 g/mol. The highest BCUT2D eigenvalue weighted by atomic mass is 32.1. The molecule has 112 valence electrons. The highest BCUT2D eigenvalue weighted by Crippen LogP contribution is 2.24. The molecule has 0 bridgehead atoms. The summed E-state index contributed by atoms with van der Waals surface area (Å²) in [7, 11) is 0. The number of non-ortho nitro benzene ring substituents is 1.